The summed E-state index contributed by atoms with van der Waals surface area (Å²) in [5.74, 6) is 0. The van der Waals surface area contributed by atoms with Crippen LogP contribution in [0.4, 0.5) is 0 Å². The molecule has 1 atom stereocenters. The number of hydrogen-bond donors (Lipinski definition) is 2. The molecule has 0 heterocycles. The van der Waals surface area contributed by atoms with E-state index in [2.05, 4.69) is 43.9 Å². The van der Waals surface area contributed by atoms with Crippen LogP contribution >= 0.6 is 12.6 Å². The molecule has 0 aromatic carbocycles. The Balaban J connectivity index is 3.16. The molecule has 1 N–H and O–H groups in total. The van der Waals surface area contributed by atoms with Gasteiger partial charge in [-0.1, -0.05) is 69.8 Å². The first-order valence-corrected chi connectivity index (χ1v) is 8.95. The van der Waals surface area contributed by atoms with Crippen molar-refractivity contribution < 1.29 is 5.11 Å². The molecular formula is C18H34OS. The molecule has 0 aliphatic rings. The summed E-state index contributed by atoms with van der Waals surface area (Å²) < 4.78 is 0. The molecule has 0 spiro atoms. The largest absolute Gasteiger partial charge is 0.383 e. The van der Waals surface area contributed by atoms with Crippen LogP contribution in [-0.2, 0) is 0 Å². The molecule has 1 unspecified atom stereocenters. The summed E-state index contributed by atoms with van der Waals surface area (Å²) in [6, 6.07) is 0. The minimum absolute atomic E-state index is 0.423. The third-order valence-electron chi connectivity index (χ3n) is 3.41. The summed E-state index contributed by atoms with van der Waals surface area (Å²) in [5.41, 5.74) is -0.423. The van der Waals surface area contributed by atoms with Crippen molar-refractivity contribution in [3.63, 3.8) is 0 Å². The zero-order valence-corrected chi connectivity index (χ0v) is 14.2. The third kappa shape index (κ3) is 17.8. The SMILES string of the molecule is CCCCCC=CCC=CCCCCCCCC(O)S. The molecule has 0 saturated carbocycles. The van der Waals surface area contributed by atoms with Crippen LogP contribution < -0.4 is 0 Å². The van der Waals surface area contributed by atoms with E-state index in [1.54, 1.807) is 0 Å². The van der Waals surface area contributed by atoms with Gasteiger partial charge >= 0.3 is 0 Å². The summed E-state index contributed by atoms with van der Waals surface area (Å²) in [4.78, 5) is 0. The van der Waals surface area contributed by atoms with E-state index in [1.165, 1.54) is 57.8 Å². The molecule has 0 aromatic heterocycles. The summed E-state index contributed by atoms with van der Waals surface area (Å²) in [7, 11) is 0. The van der Waals surface area contributed by atoms with Crippen molar-refractivity contribution in [1.29, 1.82) is 0 Å². The fraction of sp³-hybridized carbons (Fsp3) is 0.778. The second kappa shape index (κ2) is 16.8. The normalized spacial score (nSPS) is 13.6. The molecule has 0 radical (unpaired) electrons. The van der Waals surface area contributed by atoms with E-state index in [0.717, 1.165) is 19.3 Å². The van der Waals surface area contributed by atoms with Gasteiger partial charge < -0.3 is 5.11 Å². The van der Waals surface area contributed by atoms with Crippen LogP contribution in [0.25, 0.3) is 0 Å². The lowest BCUT2D eigenvalue weighted by Crippen LogP contribution is -1.94. The molecule has 0 aliphatic carbocycles. The number of thiol groups is 1. The van der Waals surface area contributed by atoms with Gasteiger partial charge in [-0.15, -0.1) is 12.6 Å². The lowest BCUT2D eigenvalue weighted by atomic mass is 10.1. The Kier molecular flexibility index (Phi) is 16.7. The van der Waals surface area contributed by atoms with Crippen LogP contribution in [0.1, 0.15) is 84.0 Å². The van der Waals surface area contributed by atoms with Gasteiger partial charge in [0.15, 0.2) is 0 Å². The van der Waals surface area contributed by atoms with Gasteiger partial charge in [0.25, 0.3) is 0 Å². The van der Waals surface area contributed by atoms with E-state index >= 15 is 0 Å². The van der Waals surface area contributed by atoms with E-state index in [1.807, 2.05) is 0 Å². The average Bonchev–Trinajstić information content (AvgIpc) is 2.43. The minimum Gasteiger partial charge on any atom is -0.383 e. The Morgan fingerprint density at radius 1 is 0.800 bits per heavy atom. The van der Waals surface area contributed by atoms with E-state index in [-0.39, 0.29) is 0 Å². The highest BCUT2D eigenvalue weighted by molar-refractivity contribution is 7.80. The lowest BCUT2D eigenvalue weighted by molar-refractivity contribution is 0.249. The van der Waals surface area contributed by atoms with Gasteiger partial charge in [-0.05, 0) is 38.5 Å². The van der Waals surface area contributed by atoms with E-state index < -0.39 is 5.44 Å². The van der Waals surface area contributed by atoms with Gasteiger partial charge in [0.05, 0.1) is 5.44 Å². The molecule has 1 nitrogen and oxygen atoms in total. The number of aliphatic hydroxyl groups is 1. The standard InChI is InChI=1S/C18H34OS/c1-2-3-4-5-6-7-8-9-10-11-12-13-14-15-16-17-18(19)20/h6-7,9-10,18-20H,2-5,8,11-17H2,1H3. The minimum atomic E-state index is -0.423. The number of aliphatic hydroxyl groups excluding tert-OH is 1. The average molecular weight is 299 g/mol. The number of rotatable bonds is 14. The number of hydrogen-bond acceptors (Lipinski definition) is 2. The number of allylic oxidation sites excluding steroid dienone is 4. The first-order chi connectivity index (χ1) is 9.77. The predicted octanol–water partition coefficient (Wildman–Crippen LogP) is 6.05. The summed E-state index contributed by atoms with van der Waals surface area (Å²) >= 11 is 3.96. The van der Waals surface area contributed by atoms with Gasteiger partial charge in [0, 0.05) is 0 Å². The first kappa shape index (κ1) is 19.8. The Morgan fingerprint density at radius 2 is 1.35 bits per heavy atom. The smallest absolute Gasteiger partial charge is 0.0964 e. The van der Waals surface area contributed by atoms with Crippen LogP contribution in [0.5, 0.6) is 0 Å². The molecule has 0 aliphatic heterocycles. The van der Waals surface area contributed by atoms with Gasteiger partial charge in [-0.25, -0.2) is 0 Å². The first-order valence-electron chi connectivity index (χ1n) is 8.43. The van der Waals surface area contributed by atoms with Crippen LogP contribution in [0.2, 0.25) is 0 Å². The van der Waals surface area contributed by atoms with Crippen LogP contribution in [0.15, 0.2) is 24.3 Å². The van der Waals surface area contributed by atoms with E-state index in [0.29, 0.717) is 0 Å². The molecule has 20 heavy (non-hydrogen) atoms. The van der Waals surface area contributed by atoms with Crippen molar-refractivity contribution in [2.24, 2.45) is 0 Å². The highest BCUT2D eigenvalue weighted by Crippen LogP contribution is 2.10. The van der Waals surface area contributed by atoms with Crippen LogP contribution in [-0.4, -0.2) is 10.5 Å². The Morgan fingerprint density at radius 3 is 1.95 bits per heavy atom. The third-order valence-corrected chi connectivity index (χ3v) is 3.67. The van der Waals surface area contributed by atoms with Gasteiger partial charge in [-0.2, -0.15) is 0 Å². The fourth-order valence-corrected chi connectivity index (χ4v) is 2.32. The molecule has 0 aromatic rings. The van der Waals surface area contributed by atoms with Crippen molar-refractivity contribution in [1.82, 2.24) is 0 Å². The van der Waals surface area contributed by atoms with Gasteiger partial charge in [0.1, 0.15) is 0 Å². The van der Waals surface area contributed by atoms with E-state index in [4.69, 9.17) is 5.11 Å². The second-order valence-electron chi connectivity index (χ2n) is 5.50. The van der Waals surface area contributed by atoms with Crippen molar-refractivity contribution in [2.75, 3.05) is 0 Å². The quantitative estimate of drug-likeness (QED) is 0.173. The van der Waals surface area contributed by atoms with Crippen molar-refractivity contribution in [3.8, 4) is 0 Å². The lowest BCUT2D eigenvalue weighted by Gasteiger charge is -2.02. The molecule has 0 rings (SSSR count). The monoisotopic (exact) mass is 298 g/mol. The molecule has 2 heteroatoms. The Labute approximate surface area is 132 Å². The summed E-state index contributed by atoms with van der Waals surface area (Å²) in [6.07, 6.45) is 23.8. The maximum atomic E-state index is 9.01. The zero-order chi connectivity index (χ0) is 14.9. The summed E-state index contributed by atoms with van der Waals surface area (Å²) in [6.45, 7) is 2.25. The summed E-state index contributed by atoms with van der Waals surface area (Å²) in [5, 5.41) is 9.01. The van der Waals surface area contributed by atoms with Gasteiger partial charge in [0.2, 0.25) is 0 Å². The topological polar surface area (TPSA) is 20.2 Å². The highest BCUT2D eigenvalue weighted by atomic mass is 32.1. The maximum Gasteiger partial charge on any atom is 0.0964 e. The molecule has 118 valence electrons. The highest BCUT2D eigenvalue weighted by Gasteiger charge is 1.95. The molecule has 0 fully saturated rings. The predicted molar refractivity (Wildman–Crippen MR) is 94.4 cm³/mol. The second-order valence-corrected chi connectivity index (χ2v) is 6.10. The van der Waals surface area contributed by atoms with Gasteiger partial charge in [-0.3, -0.25) is 0 Å². The molecule has 0 saturated heterocycles. The Bertz CT molecular complexity index is 234. The van der Waals surface area contributed by atoms with Crippen molar-refractivity contribution >= 4 is 12.6 Å². The van der Waals surface area contributed by atoms with Crippen molar-refractivity contribution in [3.05, 3.63) is 24.3 Å². The fourth-order valence-electron chi connectivity index (χ4n) is 2.14. The Hall–Kier alpha value is -0.210. The van der Waals surface area contributed by atoms with Crippen LogP contribution in [0.3, 0.4) is 0 Å². The molecule has 0 amide bonds. The molecule has 0 bridgehead atoms. The van der Waals surface area contributed by atoms with E-state index in [9.17, 15) is 0 Å². The maximum absolute atomic E-state index is 9.01. The van der Waals surface area contributed by atoms with Crippen molar-refractivity contribution in [2.45, 2.75) is 89.4 Å². The zero-order valence-electron chi connectivity index (χ0n) is 13.3. The van der Waals surface area contributed by atoms with Crippen LogP contribution in [0, 0.1) is 0 Å². The molecular weight excluding hydrogens is 264 g/mol. The number of unbranched alkanes of at least 4 members (excludes halogenated alkanes) is 8.